The van der Waals surface area contributed by atoms with E-state index in [1.54, 1.807) is 9.80 Å². The van der Waals surface area contributed by atoms with Crippen molar-refractivity contribution in [1.82, 2.24) is 24.8 Å². The number of hydrogen-bond donors (Lipinski definition) is 2. The molecule has 2 aromatic heterocycles. The van der Waals surface area contributed by atoms with Crippen LogP contribution in [0.15, 0.2) is 12.1 Å². The van der Waals surface area contributed by atoms with Gasteiger partial charge < -0.3 is 34.7 Å². The van der Waals surface area contributed by atoms with Crippen LogP contribution in [-0.4, -0.2) is 81.7 Å². The number of aromatic amines is 1. The molecule has 0 bridgehead atoms. The lowest BCUT2D eigenvalue weighted by molar-refractivity contribution is -0.135. The monoisotopic (exact) mass is 526 g/mol. The van der Waals surface area contributed by atoms with E-state index in [-0.39, 0.29) is 18.6 Å². The third-order valence-corrected chi connectivity index (χ3v) is 6.31. The van der Waals surface area contributed by atoms with E-state index in [0.29, 0.717) is 62.3 Å². The minimum Gasteiger partial charge on any atom is -0.483 e. The predicted octanol–water partition coefficient (Wildman–Crippen LogP) is 3.64. The van der Waals surface area contributed by atoms with Crippen LogP contribution in [0.3, 0.4) is 0 Å². The Kier molecular flexibility index (Phi) is 8.25. The molecule has 0 saturated carbocycles. The minimum atomic E-state index is -0.554. The molecule has 3 aromatic rings. The lowest BCUT2D eigenvalue weighted by atomic mass is 10.0. The van der Waals surface area contributed by atoms with Crippen molar-refractivity contribution in [2.24, 2.45) is 0 Å². The highest BCUT2D eigenvalue weighted by molar-refractivity contribution is 6.08. The van der Waals surface area contributed by atoms with Gasteiger partial charge >= 0.3 is 6.09 Å². The number of ether oxygens (including phenoxy) is 3. The second-order valence-corrected chi connectivity index (χ2v) is 10.4. The summed E-state index contributed by atoms with van der Waals surface area (Å²) in [4.78, 5) is 41.2. The minimum absolute atomic E-state index is 0.101. The average Bonchev–Trinajstić information content (AvgIpc) is 3.31. The van der Waals surface area contributed by atoms with Gasteiger partial charge in [0, 0.05) is 43.7 Å². The molecule has 11 heteroatoms. The first-order valence-corrected chi connectivity index (χ1v) is 13.2. The summed E-state index contributed by atoms with van der Waals surface area (Å²) in [5.74, 6) is 1.55. The van der Waals surface area contributed by atoms with Crippen molar-refractivity contribution in [1.29, 1.82) is 0 Å². The molecule has 1 aliphatic rings. The fourth-order valence-electron chi connectivity index (χ4n) is 4.54. The number of imidazole rings is 1. The summed E-state index contributed by atoms with van der Waals surface area (Å²) in [6.07, 6.45) is 1.24. The molecular weight excluding hydrogens is 488 g/mol. The molecule has 0 radical (unpaired) electrons. The zero-order valence-corrected chi connectivity index (χ0v) is 22.9. The molecule has 206 valence electrons. The number of nitrogens with one attached hydrogen (secondary N) is 1. The molecule has 1 aliphatic heterocycles. The van der Waals surface area contributed by atoms with Crippen LogP contribution in [0.1, 0.15) is 52.4 Å². The summed E-state index contributed by atoms with van der Waals surface area (Å²) in [7, 11) is 0. The molecule has 0 unspecified atom stereocenters. The summed E-state index contributed by atoms with van der Waals surface area (Å²) >= 11 is 0. The highest BCUT2D eigenvalue weighted by Gasteiger charge is 2.28. The lowest BCUT2D eigenvalue weighted by Crippen LogP contribution is -2.52. The molecule has 0 atom stereocenters. The molecule has 11 nitrogen and oxygen atoms in total. The SMILES string of the molecule is CCCc1c(OCC(=O)N2CCN(C(=O)OC(C)(C)C)CC2)ccc2nc(N)c3[nH]c(COCC)nc3c12. The van der Waals surface area contributed by atoms with Crippen molar-refractivity contribution in [3.63, 3.8) is 0 Å². The molecule has 0 aliphatic carbocycles. The molecule has 1 fully saturated rings. The van der Waals surface area contributed by atoms with Crippen LogP contribution in [0.2, 0.25) is 0 Å². The summed E-state index contributed by atoms with van der Waals surface area (Å²) in [5.41, 5.74) is 8.74. The fraction of sp³-hybridized carbons (Fsp3) is 0.556. The van der Waals surface area contributed by atoms with Crippen molar-refractivity contribution in [3.05, 3.63) is 23.5 Å². The average molecular weight is 527 g/mol. The fourth-order valence-corrected chi connectivity index (χ4v) is 4.54. The van der Waals surface area contributed by atoms with Crippen molar-refractivity contribution in [2.75, 3.05) is 45.1 Å². The second kappa shape index (κ2) is 11.4. The molecule has 4 rings (SSSR count). The Bertz CT molecular complexity index is 1310. The maximum atomic E-state index is 13.0. The van der Waals surface area contributed by atoms with E-state index in [9.17, 15) is 9.59 Å². The maximum absolute atomic E-state index is 13.0. The summed E-state index contributed by atoms with van der Waals surface area (Å²) in [5, 5.41) is 0.867. The van der Waals surface area contributed by atoms with E-state index in [0.717, 1.165) is 34.8 Å². The summed E-state index contributed by atoms with van der Waals surface area (Å²) in [6.45, 7) is 12.1. The predicted molar refractivity (Wildman–Crippen MR) is 145 cm³/mol. The maximum Gasteiger partial charge on any atom is 0.410 e. The van der Waals surface area contributed by atoms with E-state index < -0.39 is 5.60 Å². The van der Waals surface area contributed by atoms with Gasteiger partial charge in [-0.2, -0.15) is 0 Å². The van der Waals surface area contributed by atoms with Gasteiger partial charge in [-0.05, 0) is 46.2 Å². The molecule has 0 spiro atoms. The van der Waals surface area contributed by atoms with Gasteiger partial charge in [0.25, 0.3) is 5.91 Å². The van der Waals surface area contributed by atoms with Gasteiger partial charge in [0.1, 0.15) is 40.6 Å². The van der Waals surface area contributed by atoms with Crippen LogP contribution in [0.5, 0.6) is 5.75 Å². The first kappa shape index (κ1) is 27.4. The number of fused-ring (bicyclic) bond motifs is 3. The van der Waals surface area contributed by atoms with Gasteiger partial charge in [0.2, 0.25) is 0 Å². The van der Waals surface area contributed by atoms with Gasteiger partial charge in [0.15, 0.2) is 6.61 Å². The highest BCUT2D eigenvalue weighted by Crippen LogP contribution is 2.35. The van der Waals surface area contributed by atoms with Crippen LogP contribution < -0.4 is 10.5 Å². The lowest BCUT2D eigenvalue weighted by Gasteiger charge is -2.35. The molecular formula is C27H38N6O5. The van der Waals surface area contributed by atoms with Gasteiger partial charge in [-0.3, -0.25) is 4.79 Å². The van der Waals surface area contributed by atoms with E-state index in [1.165, 1.54) is 0 Å². The largest absolute Gasteiger partial charge is 0.483 e. The second-order valence-electron chi connectivity index (χ2n) is 10.4. The topological polar surface area (TPSA) is 136 Å². The number of nitrogens with zero attached hydrogens (tertiary/aromatic N) is 4. The summed E-state index contributed by atoms with van der Waals surface area (Å²) in [6, 6.07) is 3.69. The Morgan fingerprint density at radius 3 is 2.45 bits per heavy atom. The van der Waals surface area contributed by atoms with Gasteiger partial charge in [-0.15, -0.1) is 0 Å². The van der Waals surface area contributed by atoms with Gasteiger partial charge in [-0.25, -0.2) is 14.8 Å². The van der Waals surface area contributed by atoms with Crippen LogP contribution in [0, 0.1) is 0 Å². The summed E-state index contributed by atoms with van der Waals surface area (Å²) < 4.78 is 17.0. The Hall–Kier alpha value is -3.60. The van der Waals surface area contributed by atoms with E-state index in [2.05, 4.69) is 16.9 Å². The molecule has 1 aromatic carbocycles. The number of carbonyl (C=O) groups is 2. The van der Waals surface area contributed by atoms with E-state index in [4.69, 9.17) is 24.9 Å². The third kappa shape index (κ3) is 6.09. The smallest absolute Gasteiger partial charge is 0.410 e. The number of benzene rings is 1. The number of amides is 2. The van der Waals surface area contributed by atoms with Crippen molar-refractivity contribution in [3.8, 4) is 5.75 Å². The number of nitrogen functional groups attached to an aromatic ring is 1. The number of aryl methyl sites for hydroxylation is 1. The number of rotatable bonds is 8. The zero-order valence-electron chi connectivity index (χ0n) is 22.9. The number of hydrogen-bond acceptors (Lipinski definition) is 8. The Morgan fingerprint density at radius 1 is 1.08 bits per heavy atom. The zero-order chi connectivity index (χ0) is 27.4. The molecule has 3 N–H and O–H groups in total. The number of nitrogens with two attached hydrogens (primary N) is 1. The van der Waals surface area contributed by atoms with Crippen molar-refractivity contribution >= 4 is 39.8 Å². The molecule has 2 amide bonds. The number of piperazine rings is 1. The van der Waals surface area contributed by atoms with Crippen molar-refractivity contribution in [2.45, 2.75) is 59.7 Å². The molecule has 38 heavy (non-hydrogen) atoms. The van der Waals surface area contributed by atoms with Crippen molar-refractivity contribution < 1.29 is 23.8 Å². The van der Waals surface area contributed by atoms with Crippen LogP contribution in [-0.2, 0) is 27.3 Å². The Balaban J connectivity index is 1.50. The third-order valence-electron chi connectivity index (χ3n) is 6.31. The molecule has 3 heterocycles. The van der Waals surface area contributed by atoms with Crippen LogP contribution >= 0.6 is 0 Å². The standard InChI is InChI=1S/C27H38N6O5/c1-6-8-17-19(37-16-21(34)32-11-13-33(14-12-32)26(35)38-27(3,4)5)10-9-18-22(17)23-24(25(28)29-18)31-20(30-23)15-36-7-2/h9-10H,6-8,11-16H2,1-5H3,(H2,28,29)(H,30,31). The van der Waals surface area contributed by atoms with Gasteiger partial charge in [0.05, 0.1) is 5.52 Å². The first-order chi connectivity index (χ1) is 18.1. The quantitative estimate of drug-likeness (QED) is 0.454. The van der Waals surface area contributed by atoms with E-state index in [1.807, 2.05) is 39.8 Å². The molecule has 1 saturated heterocycles. The first-order valence-electron chi connectivity index (χ1n) is 13.2. The van der Waals surface area contributed by atoms with Gasteiger partial charge in [-0.1, -0.05) is 13.3 Å². The van der Waals surface area contributed by atoms with Crippen LogP contribution in [0.25, 0.3) is 21.9 Å². The number of H-pyrrole nitrogens is 1. The number of carbonyl (C=O) groups excluding carboxylic acids is 2. The van der Waals surface area contributed by atoms with Crippen LogP contribution in [0.4, 0.5) is 10.6 Å². The Morgan fingerprint density at radius 2 is 1.79 bits per heavy atom. The Labute approximate surface area is 222 Å². The normalized spacial score (nSPS) is 14.3. The number of anilines is 1. The van der Waals surface area contributed by atoms with E-state index >= 15 is 0 Å². The highest BCUT2D eigenvalue weighted by atomic mass is 16.6. The number of aromatic nitrogens is 3. The number of pyridine rings is 1.